The molecule has 0 spiro atoms. The van der Waals surface area contributed by atoms with E-state index in [2.05, 4.69) is 40.6 Å². The van der Waals surface area contributed by atoms with E-state index in [1.807, 2.05) is 0 Å². The van der Waals surface area contributed by atoms with E-state index in [0.29, 0.717) is 5.56 Å². The van der Waals surface area contributed by atoms with Crippen molar-refractivity contribution >= 4 is 20.0 Å². The van der Waals surface area contributed by atoms with Crippen LogP contribution in [0.5, 0.6) is 0 Å². The van der Waals surface area contributed by atoms with Gasteiger partial charge in [0.2, 0.25) is 0 Å². The topological polar surface area (TPSA) is 52.6 Å². The van der Waals surface area contributed by atoms with Crippen molar-refractivity contribution in [3.63, 3.8) is 0 Å². The van der Waals surface area contributed by atoms with Gasteiger partial charge in [0.1, 0.15) is 8.07 Å². The maximum Gasteiger partial charge on any atom is 0.337 e. The Kier molecular flexibility index (Phi) is 5.11. The van der Waals surface area contributed by atoms with Crippen LogP contribution in [0.15, 0.2) is 18.2 Å². The summed E-state index contributed by atoms with van der Waals surface area (Å²) in [7, 11) is 1.05. The van der Waals surface area contributed by atoms with Crippen LogP contribution in [0.2, 0.25) is 19.6 Å². The summed E-state index contributed by atoms with van der Waals surface area (Å²) in [6.07, 6.45) is 0. The molecular weight excluding hydrogens is 272 g/mol. The third-order valence-corrected chi connectivity index (χ3v) is 3.23. The summed E-state index contributed by atoms with van der Waals surface area (Å²) in [6, 6.07) is 4.67. The Morgan fingerprint density at radius 2 is 1.40 bits per heavy atom. The normalized spacial score (nSPS) is 10.2. The largest absolute Gasteiger partial charge is 0.465 e. The highest BCUT2D eigenvalue weighted by atomic mass is 28.3. The molecule has 0 aliphatic heterocycles. The average Bonchev–Trinajstić information content (AvgIpc) is 2.42. The molecule has 0 aliphatic carbocycles. The zero-order chi connectivity index (χ0) is 15.3. The van der Waals surface area contributed by atoms with Crippen LogP contribution < -0.4 is 0 Å². The maximum atomic E-state index is 11.6. The van der Waals surface area contributed by atoms with Gasteiger partial charge in [-0.05, 0) is 18.2 Å². The van der Waals surface area contributed by atoms with Gasteiger partial charge in [-0.25, -0.2) is 9.59 Å². The molecule has 0 fully saturated rings. The first-order valence-electron chi connectivity index (χ1n) is 6.12. The van der Waals surface area contributed by atoms with E-state index >= 15 is 0 Å². The first-order chi connectivity index (χ1) is 9.26. The van der Waals surface area contributed by atoms with Crippen LogP contribution in [-0.4, -0.2) is 34.2 Å². The van der Waals surface area contributed by atoms with Crippen LogP contribution in [0.4, 0.5) is 0 Å². The number of hydrogen-bond donors (Lipinski definition) is 0. The summed E-state index contributed by atoms with van der Waals surface area (Å²) in [4.78, 5) is 23.2. The van der Waals surface area contributed by atoms with Crippen LogP contribution in [0, 0.1) is 11.5 Å². The number of carbonyl (C=O) groups is 2. The first-order valence-corrected chi connectivity index (χ1v) is 9.62. The predicted molar refractivity (Wildman–Crippen MR) is 79.3 cm³/mol. The van der Waals surface area contributed by atoms with Crippen LogP contribution in [-0.2, 0) is 9.47 Å². The van der Waals surface area contributed by atoms with Crippen molar-refractivity contribution in [2.45, 2.75) is 19.6 Å². The monoisotopic (exact) mass is 290 g/mol. The summed E-state index contributed by atoms with van der Waals surface area (Å²) in [5.41, 5.74) is 4.37. The fourth-order valence-corrected chi connectivity index (χ4v) is 1.95. The molecule has 4 nitrogen and oxygen atoms in total. The molecule has 106 valence electrons. The summed E-state index contributed by atoms with van der Waals surface area (Å²) in [6.45, 7) is 6.35. The van der Waals surface area contributed by atoms with E-state index in [4.69, 9.17) is 0 Å². The van der Waals surface area contributed by atoms with Gasteiger partial charge in [-0.15, -0.1) is 5.54 Å². The molecule has 0 radical (unpaired) electrons. The number of methoxy groups -OCH3 is 2. The number of ether oxygens (including phenoxy) is 2. The van der Waals surface area contributed by atoms with Crippen molar-refractivity contribution in [2.75, 3.05) is 14.2 Å². The van der Waals surface area contributed by atoms with Crippen LogP contribution >= 0.6 is 0 Å². The Hall–Kier alpha value is -2.06. The molecule has 0 saturated carbocycles. The lowest BCUT2D eigenvalue weighted by Gasteiger charge is -2.06. The molecule has 1 aromatic rings. The van der Waals surface area contributed by atoms with Crippen molar-refractivity contribution in [2.24, 2.45) is 0 Å². The Labute approximate surface area is 120 Å². The Balaban J connectivity index is 3.33. The molecule has 5 heteroatoms. The predicted octanol–water partition coefficient (Wildman–Crippen LogP) is 2.49. The molecule has 0 atom stereocenters. The highest BCUT2D eigenvalue weighted by Gasteiger charge is 2.13. The lowest BCUT2D eigenvalue weighted by Crippen LogP contribution is -2.16. The van der Waals surface area contributed by atoms with Gasteiger partial charge < -0.3 is 9.47 Å². The molecule has 0 N–H and O–H groups in total. The van der Waals surface area contributed by atoms with Crippen LogP contribution in [0.25, 0.3) is 0 Å². The smallest absolute Gasteiger partial charge is 0.337 e. The quantitative estimate of drug-likeness (QED) is 0.477. The third-order valence-electron chi connectivity index (χ3n) is 2.36. The van der Waals surface area contributed by atoms with Gasteiger partial charge in [0.15, 0.2) is 0 Å². The highest BCUT2D eigenvalue weighted by Crippen LogP contribution is 2.12. The molecule has 0 amide bonds. The van der Waals surface area contributed by atoms with E-state index < -0.39 is 20.0 Å². The number of benzene rings is 1. The summed E-state index contributed by atoms with van der Waals surface area (Å²) in [5.74, 6) is 2.00. The fourth-order valence-electron chi connectivity index (χ4n) is 1.43. The minimum Gasteiger partial charge on any atom is -0.465 e. The number of rotatable bonds is 2. The number of carbonyl (C=O) groups excluding carboxylic acids is 2. The van der Waals surface area contributed by atoms with E-state index in [1.54, 1.807) is 12.1 Å². The Morgan fingerprint density at radius 3 is 1.75 bits per heavy atom. The molecular formula is C15H18O4Si. The van der Waals surface area contributed by atoms with Crippen molar-refractivity contribution < 1.29 is 19.1 Å². The van der Waals surface area contributed by atoms with Crippen molar-refractivity contribution in [3.8, 4) is 11.5 Å². The molecule has 1 aromatic carbocycles. The molecule has 0 saturated heterocycles. The summed E-state index contributed by atoms with van der Waals surface area (Å²) >= 11 is 0. The summed E-state index contributed by atoms with van der Waals surface area (Å²) in [5, 5.41) is 0. The summed E-state index contributed by atoms with van der Waals surface area (Å²) < 4.78 is 9.35. The van der Waals surface area contributed by atoms with Gasteiger partial charge in [0, 0.05) is 5.56 Å². The van der Waals surface area contributed by atoms with Gasteiger partial charge in [0.05, 0.1) is 25.3 Å². The number of esters is 2. The molecule has 20 heavy (non-hydrogen) atoms. The van der Waals surface area contributed by atoms with Gasteiger partial charge in [0.25, 0.3) is 0 Å². The first kappa shape index (κ1) is 16.0. The molecule has 0 aromatic heterocycles. The minimum absolute atomic E-state index is 0.287. The second-order valence-corrected chi connectivity index (χ2v) is 10.0. The molecule has 0 heterocycles. The van der Waals surface area contributed by atoms with Crippen molar-refractivity contribution in [1.29, 1.82) is 0 Å². The zero-order valence-electron chi connectivity index (χ0n) is 12.4. The van der Waals surface area contributed by atoms with E-state index in [0.717, 1.165) is 0 Å². The Bertz CT molecular complexity index is 554. The second kappa shape index (κ2) is 6.39. The fraction of sp³-hybridized carbons (Fsp3) is 0.333. The maximum absolute atomic E-state index is 11.6. The van der Waals surface area contributed by atoms with Crippen molar-refractivity contribution in [1.82, 2.24) is 0 Å². The molecule has 0 bridgehead atoms. The van der Waals surface area contributed by atoms with Gasteiger partial charge >= 0.3 is 11.9 Å². The number of hydrogen-bond acceptors (Lipinski definition) is 4. The highest BCUT2D eigenvalue weighted by molar-refractivity contribution is 6.83. The second-order valence-electron chi connectivity index (χ2n) is 5.28. The van der Waals surface area contributed by atoms with Gasteiger partial charge in [-0.2, -0.15) is 0 Å². The average molecular weight is 290 g/mol. The van der Waals surface area contributed by atoms with Crippen LogP contribution in [0.3, 0.4) is 0 Å². The lowest BCUT2D eigenvalue weighted by atomic mass is 10.1. The molecule has 1 rings (SSSR count). The minimum atomic E-state index is -1.54. The van der Waals surface area contributed by atoms with Gasteiger partial charge in [-0.3, -0.25) is 0 Å². The van der Waals surface area contributed by atoms with Crippen molar-refractivity contribution in [3.05, 3.63) is 34.9 Å². The van der Waals surface area contributed by atoms with E-state index in [1.165, 1.54) is 20.3 Å². The molecule has 0 unspecified atom stereocenters. The standard InChI is InChI=1S/C15H18O4Si/c1-18-14(16)12-8-11(6-7-20(3,4)5)9-13(10-12)15(17)19-2/h8-10H,1-5H3. The van der Waals surface area contributed by atoms with E-state index in [9.17, 15) is 9.59 Å². The van der Waals surface area contributed by atoms with E-state index in [-0.39, 0.29) is 11.1 Å². The van der Waals surface area contributed by atoms with Gasteiger partial charge in [-0.1, -0.05) is 25.6 Å². The molecule has 0 aliphatic rings. The SMILES string of the molecule is COC(=O)c1cc(C#C[Si](C)(C)C)cc(C(=O)OC)c1. The lowest BCUT2D eigenvalue weighted by molar-refractivity contribution is 0.0599. The Morgan fingerprint density at radius 1 is 0.950 bits per heavy atom. The third kappa shape index (κ3) is 4.56. The zero-order valence-corrected chi connectivity index (χ0v) is 13.4. The van der Waals surface area contributed by atoms with Crippen LogP contribution in [0.1, 0.15) is 26.3 Å².